The molecule has 1 heterocycles. The topological polar surface area (TPSA) is 35.6 Å². The highest BCUT2D eigenvalue weighted by atomic mass is 16.2. The van der Waals surface area contributed by atoms with E-state index in [4.69, 9.17) is 0 Å². The van der Waals surface area contributed by atoms with Gasteiger partial charge in [-0.3, -0.25) is 4.79 Å². The molecule has 2 atom stereocenters. The summed E-state index contributed by atoms with van der Waals surface area (Å²) < 4.78 is 0. The lowest BCUT2D eigenvalue weighted by atomic mass is 10.1. The number of benzene rings is 1. The first-order valence-electron chi connectivity index (χ1n) is 7.30. The highest BCUT2D eigenvalue weighted by molar-refractivity contribution is 5.98. The number of rotatable bonds is 3. The molecule has 2 unspecified atom stereocenters. The molecular weight excluding hydrogens is 250 g/mol. The van der Waals surface area contributed by atoms with Crippen LogP contribution in [0.2, 0.25) is 0 Å². The second-order valence-corrected chi connectivity index (χ2v) is 5.88. The average molecular weight is 275 g/mol. The number of fused-ring (bicyclic) bond motifs is 1. The van der Waals surface area contributed by atoms with Crippen LogP contribution in [0.5, 0.6) is 0 Å². The van der Waals surface area contributed by atoms with Gasteiger partial charge < -0.3 is 15.1 Å². The Labute approximate surface area is 121 Å². The van der Waals surface area contributed by atoms with Crippen molar-refractivity contribution in [3.05, 3.63) is 24.3 Å². The van der Waals surface area contributed by atoms with E-state index >= 15 is 0 Å². The number of amides is 1. The van der Waals surface area contributed by atoms with E-state index in [0.29, 0.717) is 12.5 Å². The van der Waals surface area contributed by atoms with Crippen LogP contribution in [0.25, 0.3) is 0 Å². The van der Waals surface area contributed by atoms with E-state index < -0.39 is 0 Å². The van der Waals surface area contributed by atoms with Crippen LogP contribution in [0, 0.1) is 11.8 Å². The smallest absolute Gasteiger partial charge is 0.231 e. The van der Waals surface area contributed by atoms with Crippen LogP contribution in [0.15, 0.2) is 24.3 Å². The van der Waals surface area contributed by atoms with Crippen molar-refractivity contribution in [2.75, 3.05) is 43.5 Å². The lowest BCUT2D eigenvalue weighted by molar-refractivity contribution is -0.121. The third-order valence-corrected chi connectivity index (χ3v) is 3.86. The Hall–Kier alpha value is -1.55. The zero-order chi connectivity index (χ0) is 14.7. The Morgan fingerprint density at radius 2 is 2.00 bits per heavy atom. The molecule has 0 fully saturated rings. The maximum Gasteiger partial charge on any atom is 0.231 e. The summed E-state index contributed by atoms with van der Waals surface area (Å²) >= 11 is 0. The lowest BCUT2D eigenvalue weighted by Crippen LogP contribution is -2.40. The predicted molar refractivity (Wildman–Crippen MR) is 84.3 cm³/mol. The number of carbonyl (C=O) groups is 1. The molecule has 0 spiro atoms. The van der Waals surface area contributed by atoms with E-state index in [1.807, 2.05) is 37.1 Å². The normalized spacial score (nSPS) is 20.3. The molecule has 0 saturated carbocycles. The van der Waals surface area contributed by atoms with Crippen molar-refractivity contribution < 1.29 is 4.79 Å². The fourth-order valence-electron chi connectivity index (χ4n) is 2.92. The van der Waals surface area contributed by atoms with Crippen molar-refractivity contribution in [1.82, 2.24) is 5.32 Å². The molecule has 1 aliphatic rings. The number of hydrogen-bond donors (Lipinski definition) is 1. The van der Waals surface area contributed by atoms with Gasteiger partial charge in [-0.2, -0.15) is 0 Å². The fourth-order valence-corrected chi connectivity index (χ4v) is 2.92. The average Bonchev–Trinajstić information content (AvgIpc) is 2.56. The maximum absolute atomic E-state index is 12.7. The van der Waals surface area contributed by atoms with Crippen LogP contribution in [0.1, 0.15) is 13.8 Å². The van der Waals surface area contributed by atoms with E-state index in [2.05, 4.69) is 30.3 Å². The summed E-state index contributed by atoms with van der Waals surface area (Å²) in [5.74, 6) is 0.649. The van der Waals surface area contributed by atoms with Gasteiger partial charge in [0.15, 0.2) is 0 Å². The van der Waals surface area contributed by atoms with Crippen molar-refractivity contribution in [2.45, 2.75) is 13.8 Å². The van der Waals surface area contributed by atoms with Gasteiger partial charge in [-0.25, -0.2) is 0 Å². The van der Waals surface area contributed by atoms with Gasteiger partial charge in [-0.15, -0.1) is 0 Å². The molecular formula is C16H25N3O. The molecule has 4 nitrogen and oxygen atoms in total. The van der Waals surface area contributed by atoms with Gasteiger partial charge in [0.1, 0.15) is 0 Å². The van der Waals surface area contributed by atoms with Gasteiger partial charge in [0.2, 0.25) is 5.91 Å². The summed E-state index contributed by atoms with van der Waals surface area (Å²) in [4.78, 5) is 16.9. The molecule has 1 amide bonds. The highest BCUT2D eigenvalue weighted by Crippen LogP contribution is 2.33. The Morgan fingerprint density at radius 1 is 1.35 bits per heavy atom. The molecule has 4 heteroatoms. The number of nitrogens with one attached hydrogen (secondary N) is 1. The molecule has 1 N–H and O–H groups in total. The largest absolute Gasteiger partial charge is 0.373 e. The van der Waals surface area contributed by atoms with E-state index in [1.165, 1.54) is 0 Å². The molecule has 0 aliphatic carbocycles. The van der Waals surface area contributed by atoms with Crippen molar-refractivity contribution in [1.29, 1.82) is 0 Å². The van der Waals surface area contributed by atoms with Crippen LogP contribution in [-0.2, 0) is 4.79 Å². The molecule has 2 rings (SSSR count). The van der Waals surface area contributed by atoms with E-state index in [1.54, 1.807) is 0 Å². The third-order valence-electron chi connectivity index (χ3n) is 3.86. The van der Waals surface area contributed by atoms with E-state index in [-0.39, 0.29) is 11.8 Å². The second kappa shape index (κ2) is 6.27. The zero-order valence-corrected chi connectivity index (χ0v) is 12.9. The van der Waals surface area contributed by atoms with Crippen molar-refractivity contribution in [3.63, 3.8) is 0 Å². The van der Waals surface area contributed by atoms with Crippen LogP contribution in [-0.4, -0.2) is 39.6 Å². The van der Waals surface area contributed by atoms with Crippen LogP contribution in [0.3, 0.4) is 0 Å². The van der Waals surface area contributed by atoms with Gasteiger partial charge in [0, 0.05) is 32.6 Å². The predicted octanol–water partition coefficient (Wildman–Crippen LogP) is 1.96. The molecule has 1 aromatic rings. The molecule has 20 heavy (non-hydrogen) atoms. The molecule has 0 radical (unpaired) electrons. The minimum absolute atomic E-state index is 0.0105. The number of anilines is 2. The monoisotopic (exact) mass is 275 g/mol. The molecule has 1 aliphatic heterocycles. The maximum atomic E-state index is 12.7. The quantitative estimate of drug-likeness (QED) is 0.916. The number of hydrogen-bond acceptors (Lipinski definition) is 3. The summed E-state index contributed by atoms with van der Waals surface area (Å²) in [5, 5.41) is 3.09. The first kappa shape index (κ1) is 14.9. The van der Waals surface area contributed by atoms with Gasteiger partial charge in [0.25, 0.3) is 0 Å². The molecule has 0 aromatic heterocycles. The number of nitrogens with zero attached hydrogens (tertiary/aromatic N) is 2. The van der Waals surface area contributed by atoms with Gasteiger partial charge >= 0.3 is 0 Å². The Morgan fingerprint density at radius 3 is 2.65 bits per heavy atom. The highest BCUT2D eigenvalue weighted by Gasteiger charge is 2.28. The van der Waals surface area contributed by atoms with Crippen LogP contribution >= 0.6 is 0 Å². The number of para-hydroxylation sites is 2. The van der Waals surface area contributed by atoms with Gasteiger partial charge in [-0.05, 0) is 25.1 Å². The van der Waals surface area contributed by atoms with Crippen LogP contribution in [0.4, 0.5) is 11.4 Å². The van der Waals surface area contributed by atoms with Crippen molar-refractivity contribution >= 4 is 17.3 Å². The molecule has 0 bridgehead atoms. The summed E-state index contributed by atoms with van der Waals surface area (Å²) in [6.07, 6.45) is 0. The van der Waals surface area contributed by atoms with E-state index in [0.717, 1.165) is 24.5 Å². The fraction of sp³-hybridized carbons (Fsp3) is 0.562. The molecule has 0 saturated heterocycles. The van der Waals surface area contributed by atoms with Crippen molar-refractivity contribution in [3.8, 4) is 0 Å². The first-order valence-corrected chi connectivity index (χ1v) is 7.30. The Bertz CT molecular complexity index is 475. The molecule has 1 aromatic carbocycles. The first-order chi connectivity index (χ1) is 9.54. The minimum Gasteiger partial charge on any atom is -0.373 e. The summed E-state index contributed by atoms with van der Waals surface area (Å²) in [6.45, 7) is 6.66. The van der Waals surface area contributed by atoms with Crippen molar-refractivity contribution in [2.24, 2.45) is 11.8 Å². The zero-order valence-electron chi connectivity index (χ0n) is 12.9. The summed E-state index contributed by atoms with van der Waals surface area (Å²) in [7, 11) is 3.98. The second-order valence-electron chi connectivity index (χ2n) is 5.88. The third kappa shape index (κ3) is 2.96. The Kier molecular flexibility index (Phi) is 4.65. The minimum atomic E-state index is -0.0105. The standard InChI is InChI=1S/C16H25N3O/c1-12-10-18(4)14-7-5-6-8-15(14)19(11-12)16(20)13(2)9-17-3/h5-8,12-13,17H,9-11H2,1-4H3. The van der Waals surface area contributed by atoms with Gasteiger partial charge in [0.05, 0.1) is 11.4 Å². The van der Waals surface area contributed by atoms with Crippen LogP contribution < -0.4 is 15.1 Å². The van der Waals surface area contributed by atoms with E-state index in [9.17, 15) is 4.79 Å². The Balaban J connectivity index is 2.35. The molecule has 110 valence electrons. The SMILES string of the molecule is CNCC(C)C(=O)N1CC(C)CN(C)c2ccccc21. The number of carbonyl (C=O) groups excluding carboxylic acids is 1. The lowest BCUT2D eigenvalue weighted by Gasteiger charge is -2.27. The summed E-state index contributed by atoms with van der Waals surface area (Å²) in [5.41, 5.74) is 2.18. The summed E-state index contributed by atoms with van der Waals surface area (Å²) in [6, 6.07) is 8.18. The van der Waals surface area contributed by atoms with Gasteiger partial charge in [-0.1, -0.05) is 26.0 Å².